The number of carbonyl (C=O) groups excluding carboxylic acids is 1. The summed E-state index contributed by atoms with van der Waals surface area (Å²) < 4.78 is 0. The number of thiazole rings is 1. The highest BCUT2D eigenvalue weighted by molar-refractivity contribution is 8.00. The molecule has 2 heterocycles. The topological polar surface area (TPSA) is 80.9 Å². The van der Waals surface area contributed by atoms with Crippen molar-refractivity contribution in [1.82, 2.24) is 9.97 Å². The van der Waals surface area contributed by atoms with E-state index in [0.717, 1.165) is 0 Å². The average molecular weight is 266 g/mol. The van der Waals surface area contributed by atoms with Crippen molar-refractivity contribution >= 4 is 39.8 Å². The summed E-state index contributed by atoms with van der Waals surface area (Å²) in [4.78, 5) is 19.6. The Bertz CT molecular complexity index is 501. The Balaban J connectivity index is 1.86. The Hall–Kier alpha value is -1.60. The zero-order valence-electron chi connectivity index (χ0n) is 8.79. The molecule has 0 aliphatic heterocycles. The summed E-state index contributed by atoms with van der Waals surface area (Å²) in [6, 6.07) is 3.52. The minimum atomic E-state index is -0.116. The molecule has 1 amide bonds. The van der Waals surface area contributed by atoms with Crippen molar-refractivity contribution in [2.24, 2.45) is 0 Å². The maximum Gasteiger partial charge on any atom is 0.236 e. The van der Waals surface area contributed by atoms with E-state index >= 15 is 0 Å². The average Bonchev–Trinajstić information content (AvgIpc) is 2.81. The number of amides is 1. The predicted molar refractivity (Wildman–Crippen MR) is 70.1 cm³/mol. The first kappa shape index (κ1) is 11.9. The van der Waals surface area contributed by atoms with Gasteiger partial charge in [0, 0.05) is 17.8 Å². The highest BCUT2D eigenvalue weighted by Crippen LogP contribution is 2.21. The third-order valence-corrected chi connectivity index (χ3v) is 3.53. The van der Waals surface area contributed by atoms with Gasteiger partial charge < -0.3 is 11.1 Å². The Morgan fingerprint density at radius 3 is 3.06 bits per heavy atom. The highest BCUT2D eigenvalue weighted by atomic mass is 32.2. The number of aromatic nitrogens is 2. The van der Waals surface area contributed by atoms with Gasteiger partial charge in [-0.05, 0) is 12.1 Å². The Labute approximate surface area is 106 Å². The molecule has 0 saturated heterocycles. The van der Waals surface area contributed by atoms with Gasteiger partial charge in [-0.25, -0.2) is 9.97 Å². The maximum atomic E-state index is 11.6. The zero-order valence-corrected chi connectivity index (χ0v) is 10.4. The van der Waals surface area contributed by atoms with Crippen LogP contribution < -0.4 is 11.1 Å². The van der Waals surface area contributed by atoms with Crippen molar-refractivity contribution in [1.29, 1.82) is 0 Å². The molecule has 0 unspecified atom stereocenters. The minimum Gasteiger partial charge on any atom is -0.397 e. The van der Waals surface area contributed by atoms with Gasteiger partial charge in [-0.2, -0.15) is 0 Å². The van der Waals surface area contributed by atoms with Gasteiger partial charge >= 0.3 is 0 Å². The van der Waals surface area contributed by atoms with Crippen LogP contribution in [0.2, 0.25) is 0 Å². The second-order valence-corrected chi connectivity index (χ2v) is 4.93. The molecule has 7 heteroatoms. The van der Waals surface area contributed by atoms with E-state index < -0.39 is 0 Å². The number of nitrogens with one attached hydrogen (secondary N) is 1. The SMILES string of the molecule is Nc1cccnc1SCC(=O)Nc1nccs1. The lowest BCUT2D eigenvalue weighted by Gasteiger charge is -2.03. The largest absolute Gasteiger partial charge is 0.397 e. The van der Waals surface area contributed by atoms with Gasteiger partial charge in [0.1, 0.15) is 5.03 Å². The van der Waals surface area contributed by atoms with Crippen LogP contribution in [-0.4, -0.2) is 21.6 Å². The molecule has 2 aromatic rings. The zero-order chi connectivity index (χ0) is 12.1. The lowest BCUT2D eigenvalue weighted by atomic mass is 10.4. The third kappa shape index (κ3) is 3.43. The first-order valence-corrected chi connectivity index (χ1v) is 6.65. The van der Waals surface area contributed by atoms with Crippen molar-refractivity contribution in [3.63, 3.8) is 0 Å². The standard InChI is InChI=1S/C10H10N4OS2/c11-7-2-1-3-12-9(7)17-6-8(15)14-10-13-4-5-16-10/h1-5H,6,11H2,(H,13,14,15). The van der Waals surface area contributed by atoms with E-state index in [9.17, 15) is 4.79 Å². The van der Waals surface area contributed by atoms with Crippen LogP contribution in [0.15, 0.2) is 34.9 Å². The van der Waals surface area contributed by atoms with E-state index in [1.54, 1.807) is 29.9 Å². The molecule has 3 N–H and O–H groups in total. The van der Waals surface area contributed by atoms with Crippen LogP contribution in [0.25, 0.3) is 0 Å². The molecule has 2 aromatic heterocycles. The van der Waals surface area contributed by atoms with E-state index in [4.69, 9.17) is 5.73 Å². The first-order chi connectivity index (χ1) is 8.25. The number of rotatable bonds is 4. The fourth-order valence-electron chi connectivity index (χ4n) is 1.10. The predicted octanol–water partition coefficient (Wildman–Crippen LogP) is 1.85. The molecule has 0 saturated carbocycles. The van der Waals surface area contributed by atoms with E-state index in [1.165, 1.54) is 23.1 Å². The molecule has 0 aliphatic rings. The highest BCUT2D eigenvalue weighted by Gasteiger charge is 2.07. The van der Waals surface area contributed by atoms with Gasteiger partial charge in [-0.15, -0.1) is 11.3 Å². The van der Waals surface area contributed by atoms with Crippen molar-refractivity contribution in [3.05, 3.63) is 29.9 Å². The van der Waals surface area contributed by atoms with Gasteiger partial charge in [0.2, 0.25) is 5.91 Å². The minimum absolute atomic E-state index is 0.116. The number of anilines is 2. The molecule has 0 bridgehead atoms. The van der Waals surface area contributed by atoms with E-state index in [-0.39, 0.29) is 11.7 Å². The van der Waals surface area contributed by atoms with Crippen molar-refractivity contribution in [2.75, 3.05) is 16.8 Å². The normalized spacial score (nSPS) is 10.1. The number of carbonyl (C=O) groups is 1. The molecule has 0 fully saturated rings. The van der Waals surface area contributed by atoms with Crippen molar-refractivity contribution < 1.29 is 4.79 Å². The lowest BCUT2D eigenvalue weighted by molar-refractivity contribution is -0.113. The molecule has 0 spiro atoms. The summed E-state index contributed by atoms with van der Waals surface area (Å²) in [5, 5.41) is 5.77. The molecule has 2 rings (SSSR count). The van der Waals surface area contributed by atoms with E-state index in [2.05, 4.69) is 15.3 Å². The smallest absolute Gasteiger partial charge is 0.236 e. The van der Waals surface area contributed by atoms with Gasteiger partial charge in [-0.3, -0.25) is 4.79 Å². The molecule has 88 valence electrons. The molecule has 5 nitrogen and oxygen atoms in total. The summed E-state index contributed by atoms with van der Waals surface area (Å²) in [5.74, 6) is 0.149. The van der Waals surface area contributed by atoms with Gasteiger partial charge in [0.05, 0.1) is 11.4 Å². The summed E-state index contributed by atoms with van der Waals surface area (Å²) >= 11 is 2.69. The van der Waals surface area contributed by atoms with Crippen molar-refractivity contribution in [2.45, 2.75) is 5.03 Å². The first-order valence-electron chi connectivity index (χ1n) is 4.78. The fraction of sp³-hybridized carbons (Fsp3) is 0.100. The number of nitrogen functional groups attached to an aromatic ring is 1. The van der Waals surface area contributed by atoms with Gasteiger partial charge in [0.15, 0.2) is 5.13 Å². The summed E-state index contributed by atoms with van der Waals surface area (Å²) in [5.41, 5.74) is 6.30. The van der Waals surface area contributed by atoms with Crippen molar-refractivity contribution in [3.8, 4) is 0 Å². The number of thioether (sulfide) groups is 1. The van der Waals surface area contributed by atoms with Crippen LogP contribution in [0.5, 0.6) is 0 Å². The lowest BCUT2D eigenvalue weighted by Crippen LogP contribution is -2.14. The van der Waals surface area contributed by atoms with Gasteiger partial charge in [-0.1, -0.05) is 11.8 Å². The Kier molecular flexibility index (Phi) is 3.94. The number of nitrogens with two attached hydrogens (primary N) is 1. The van der Waals surface area contributed by atoms with Crippen LogP contribution in [0, 0.1) is 0 Å². The molecule has 17 heavy (non-hydrogen) atoms. The summed E-state index contributed by atoms with van der Waals surface area (Å²) in [6.07, 6.45) is 3.29. The molecule has 0 aromatic carbocycles. The summed E-state index contributed by atoms with van der Waals surface area (Å²) in [7, 11) is 0. The monoisotopic (exact) mass is 266 g/mol. The molecular formula is C10H10N4OS2. The molecule has 0 radical (unpaired) electrons. The number of hydrogen-bond acceptors (Lipinski definition) is 6. The van der Waals surface area contributed by atoms with Crippen LogP contribution in [-0.2, 0) is 4.79 Å². The van der Waals surface area contributed by atoms with Crippen LogP contribution in [0.3, 0.4) is 0 Å². The number of nitrogens with zero attached hydrogens (tertiary/aromatic N) is 2. The third-order valence-electron chi connectivity index (χ3n) is 1.82. The Morgan fingerprint density at radius 1 is 1.47 bits per heavy atom. The van der Waals surface area contributed by atoms with Gasteiger partial charge in [0.25, 0.3) is 0 Å². The quantitative estimate of drug-likeness (QED) is 0.825. The second-order valence-electron chi connectivity index (χ2n) is 3.07. The summed E-state index contributed by atoms with van der Waals surface area (Å²) in [6.45, 7) is 0. The Morgan fingerprint density at radius 2 is 2.35 bits per heavy atom. The molecular weight excluding hydrogens is 256 g/mol. The number of hydrogen-bond donors (Lipinski definition) is 2. The van der Waals surface area contributed by atoms with E-state index in [1.807, 2.05) is 0 Å². The molecule has 0 atom stereocenters. The number of pyridine rings is 1. The van der Waals surface area contributed by atoms with Crippen LogP contribution in [0.4, 0.5) is 10.8 Å². The van der Waals surface area contributed by atoms with Crippen LogP contribution >= 0.6 is 23.1 Å². The maximum absolute atomic E-state index is 11.6. The van der Waals surface area contributed by atoms with E-state index in [0.29, 0.717) is 15.8 Å². The fourth-order valence-corrected chi connectivity index (χ4v) is 2.35. The second kappa shape index (κ2) is 5.65. The van der Waals surface area contributed by atoms with Crippen LogP contribution in [0.1, 0.15) is 0 Å². The molecule has 0 aliphatic carbocycles.